The molecule has 0 aliphatic heterocycles. The lowest BCUT2D eigenvalue weighted by molar-refractivity contribution is -0.127. The van der Waals surface area contributed by atoms with Crippen LogP contribution < -0.4 is 15.4 Å². The van der Waals surface area contributed by atoms with Gasteiger partial charge in [0, 0.05) is 5.69 Å². The molecule has 1 unspecified atom stereocenters. The van der Waals surface area contributed by atoms with Crippen molar-refractivity contribution in [1.29, 1.82) is 0 Å². The fraction of sp³-hybridized carbons (Fsp3) is 0.222. The van der Waals surface area contributed by atoms with Crippen LogP contribution >= 0.6 is 10.0 Å². The summed E-state index contributed by atoms with van der Waals surface area (Å²) in [6.45, 7) is 0.0451. The lowest BCUT2D eigenvalue weighted by Crippen LogP contribution is -2.38. The van der Waals surface area contributed by atoms with Gasteiger partial charge in [-0.15, -0.1) is 0 Å². The molecule has 0 fully saturated rings. The number of hydrogen-bond acceptors (Lipinski definition) is 4. The van der Waals surface area contributed by atoms with Gasteiger partial charge in [-0.1, -0.05) is 24.3 Å². The van der Waals surface area contributed by atoms with Gasteiger partial charge in [0.25, 0.3) is 5.91 Å². The van der Waals surface area contributed by atoms with Crippen LogP contribution in [-0.4, -0.2) is 47.2 Å². The molecule has 1 aromatic heterocycles. The van der Waals surface area contributed by atoms with Gasteiger partial charge < -0.3 is 19.9 Å². The van der Waals surface area contributed by atoms with E-state index in [1.807, 2.05) is 48.5 Å². The van der Waals surface area contributed by atoms with E-state index in [-0.39, 0.29) is 18.4 Å². The van der Waals surface area contributed by atoms with Crippen molar-refractivity contribution in [3.63, 3.8) is 0 Å². The summed E-state index contributed by atoms with van der Waals surface area (Å²) in [4.78, 5) is 31.9. The number of imidazole rings is 1. The largest absolute Gasteiger partial charge is 0.497 e. The lowest BCUT2D eigenvalue weighted by atomic mass is 10.1. The fourth-order valence-electron chi connectivity index (χ4n) is 3.76. The van der Waals surface area contributed by atoms with Crippen LogP contribution in [0.25, 0.3) is 11.0 Å². The van der Waals surface area contributed by atoms with Crippen LogP contribution in [0.2, 0.25) is 0 Å². The van der Waals surface area contributed by atoms with E-state index in [9.17, 15) is 9.59 Å². The highest BCUT2D eigenvalue weighted by atomic mass is 32.3. The molecule has 0 radical (unpaired) electrons. The van der Waals surface area contributed by atoms with Crippen LogP contribution in [0, 0.1) is 0 Å². The van der Waals surface area contributed by atoms with Crippen molar-refractivity contribution < 1.29 is 14.3 Å². The van der Waals surface area contributed by atoms with E-state index < -0.39 is 16.1 Å². The second-order valence-corrected chi connectivity index (χ2v) is 13.1. The predicted molar refractivity (Wildman–Crippen MR) is 142 cm³/mol. The molecule has 0 saturated carbocycles. The Bertz CT molecular complexity index is 1330. The summed E-state index contributed by atoms with van der Waals surface area (Å²) in [5.41, 5.74) is 3.00. The van der Waals surface area contributed by atoms with Gasteiger partial charge in [-0.25, -0.2) is 15.0 Å². The zero-order valence-electron chi connectivity index (χ0n) is 20.3. The first kappa shape index (κ1) is 24.3. The average molecular weight is 491 g/mol. The molecule has 3 aromatic carbocycles. The normalized spacial score (nSPS) is 12.7. The predicted octanol–water partition coefficient (Wildman–Crippen LogP) is 4.59. The molecule has 35 heavy (non-hydrogen) atoms. The van der Waals surface area contributed by atoms with Gasteiger partial charge in [0.15, 0.2) is 0 Å². The summed E-state index contributed by atoms with van der Waals surface area (Å²) in [6, 6.07) is 21.7. The number of benzene rings is 3. The number of hydrogen-bond donors (Lipinski definition) is 2. The lowest BCUT2D eigenvalue weighted by Gasteiger charge is -2.26. The molecule has 182 valence electrons. The topological polar surface area (TPSA) is 85.2 Å². The minimum Gasteiger partial charge on any atom is -0.497 e. The van der Waals surface area contributed by atoms with Crippen molar-refractivity contribution in [3.8, 4) is 5.75 Å². The first-order valence-electron chi connectivity index (χ1n) is 11.2. The number of rotatable bonds is 8. The van der Waals surface area contributed by atoms with Crippen molar-refractivity contribution in [2.75, 3.05) is 31.2 Å². The quantitative estimate of drug-likeness (QED) is 0.378. The number of methoxy groups -OCH3 is 1. The van der Waals surface area contributed by atoms with Crippen LogP contribution in [0.1, 0.15) is 11.6 Å². The van der Waals surface area contributed by atoms with Crippen LogP contribution in [0.15, 0.2) is 84.0 Å². The Labute approximate surface area is 206 Å². The van der Waals surface area contributed by atoms with E-state index in [0.717, 1.165) is 11.0 Å². The zero-order chi connectivity index (χ0) is 25.0. The van der Waals surface area contributed by atoms with Gasteiger partial charge in [0.05, 0.1) is 24.5 Å². The smallest absolute Gasteiger partial charge is 0.251 e. The molecule has 0 aliphatic rings. The van der Waals surface area contributed by atoms with Gasteiger partial charge in [0.1, 0.15) is 18.3 Å². The summed E-state index contributed by atoms with van der Waals surface area (Å²) in [7, 11) is 0.723. The first-order chi connectivity index (χ1) is 16.7. The molecule has 4 rings (SSSR count). The minimum absolute atomic E-state index is 0.0451. The third kappa shape index (κ3) is 5.84. The summed E-state index contributed by atoms with van der Waals surface area (Å²) in [5, 5.41) is 5.84. The summed E-state index contributed by atoms with van der Waals surface area (Å²) in [5.74, 6) is 0.0510. The van der Waals surface area contributed by atoms with Gasteiger partial charge in [-0.3, -0.25) is 9.59 Å². The molecule has 2 amide bonds. The van der Waals surface area contributed by atoms with E-state index in [1.165, 1.54) is 4.90 Å². The SMILES string of the molecule is COc1ccc(C(NC(=O)Cn2cnc3ccccc32)C(=O)Nc2ccc(S(C)(C)C)cc2)cc1. The average Bonchev–Trinajstić information content (AvgIpc) is 3.25. The molecule has 2 N–H and O–H groups in total. The number of aromatic nitrogens is 2. The fourth-order valence-corrected chi connectivity index (χ4v) is 4.71. The molecular weight excluding hydrogens is 460 g/mol. The summed E-state index contributed by atoms with van der Waals surface area (Å²) in [6.07, 6.45) is 8.30. The number of carbonyl (C=O) groups excluding carboxylic acids is 2. The molecule has 0 saturated heterocycles. The number of nitrogens with one attached hydrogen (secondary N) is 2. The molecule has 4 aromatic rings. The Balaban J connectivity index is 1.54. The number of amides is 2. The molecule has 8 heteroatoms. The number of ether oxygens (including phenoxy) is 1. The van der Waals surface area contributed by atoms with Crippen LogP contribution in [0.4, 0.5) is 5.69 Å². The van der Waals surface area contributed by atoms with Crippen molar-refractivity contribution in [2.24, 2.45) is 0 Å². The first-order valence-corrected chi connectivity index (χ1v) is 14.0. The van der Waals surface area contributed by atoms with Crippen LogP contribution in [0.5, 0.6) is 5.75 Å². The highest BCUT2D eigenvalue weighted by Gasteiger charge is 2.24. The van der Waals surface area contributed by atoms with E-state index >= 15 is 0 Å². The number of fused-ring (bicyclic) bond motifs is 1. The van der Waals surface area contributed by atoms with E-state index in [1.54, 1.807) is 42.3 Å². The maximum Gasteiger partial charge on any atom is 0.251 e. The standard InChI is InChI=1S/C27H30N4O3S/c1-34-21-13-9-19(10-14-21)26(27(33)29-20-11-15-22(16-12-20)35(2,3)4)30-25(32)17-31-18-28-23-7-5-6-8-24(23)31/h5-16,18,26H,17H2,1-4H3,(H,29,33)(H,30,32). The van der Waals surface area contributed by atoms with Crippen molar-refractivity contribution in [3.05, 3.63) is 84.7 Å². The monoisotopic (exact) mass is 490 g/mol. The van der Waals surface area contributed by atoms with Gasteiger partial charge in [-0.2, -0.15) is 0 Å². The third-order valence-electron chi connectivity index (χ3n) is 5.69. The maximum atomic E-state index is 13.3. The second-order valence-electron chi connectivity index (χ2n) is 8.99. The van der Waals surface area contributed by atoms with Gasteiger partial charge in [0.2, 0.25) is 5.91 Å². The Morgan fingerprint density at radius 3 is 2.31 bits per heavy atom. The molecule has 1 atom stereocenters. The number of nitrogens with zero attached hydrogens (tertiary/aromatic N) is 2. The van der Waals surface area contributed by atoms with E-state index in [0.29, 0.717) is 17.0 Å². The van der Waals surface area contributed by atoms with Crippen LogP contribution in [-0.2, 0) is 16.1 Å². The molecule has 0 bridgehead atoms. The second kappa shape index (κ2) is 10.2. The number of carbonyl (C=O) groups is 2. The van der Waals surface area contributed by atoms with Crippen molar-refractivity contribution >= 4 is 38.6 Å². The zero-order valence-corrected chi connectivity index (χ0v) is 21.1. The molecule has 7 nitrogen and oxygen atoms in total. The molecule has 0 spiro atoms. The Morgan fingerprint density at radius 2 is 1.66 bits per heavy atom. The summed E-state index contributed by atoms with van der Waals surface area (Å²) < 4.78 is 7.00. The molecule has 1 heterocycles. The highest BCUT2D eigenvalue weighted by molar-refractivity contribution is 8.32. The highest BCUT2D eigenvalue weighted by Crippen LogP contribution is 2.45. The van der Waals surface area contributed by atoms with Gasteiger partial charge in [-0.05, 0) is 77.8 Å². The Kier molecular flexibility index (Phi) is 7.12. The summed E-state index contributed by atoms with van der Waals surface area (Å²) >= 11 is 0. The van der Waals surface area contributed by atoms with Crippen molar-refractivity contribution in [2.45, 2.75) is 17.5 Å². The van der Waals surface area contributed by atoms with Crippen molar-refractivity contribution in [1.82, 2.24) is 14.9 Å². The minimum atomic E-state index is -0.879. The molecular formula is C27H30N4O3S. The molecule has 0 aliphatic carbocycles. The van der Waals surface area contributed by atoms with E-state index in [4.69, 9.17) is 4.74 Å². The van der Waals surface area contributed by atoms with Gasteiger partial charge >= 0.3 is 0 Å². The van der Waals surface area contributed by atoms with E-state index in [2.05, 4.69) is 34.4 Å². The Morgan fingerprint density at radius 1 is 0.971 bits per heavy atom. The Hall–Kier alpha value is -3.78. The van der Waals surface area contributed by atoms with Crippen LogP contribution in [0.3, 0.4) is 0 Å². The maximum absolute atomic E-state index is 13.3. The third-order valence-corrected chi connectivity index (χ3v) is 7.37. The number of anilines is 1. The number of para-hydroxylation sites is 2.